The third-order valence-corrected chi connectivity index (χ3v) is 6.00. The van der Waals surface area contributed by atoms with E-state index in [1.807, 2.05) is 19.1 Å². The van der Waals surface area contributed by atoms with E-state index in [1.54, 1.807) is 6.07 Å². The molecule has 0 aliphatic carbocycles. The molecule has 1 heterocycles. The fourth-order valence-electron chi connectivity index (χ4n) is 4.64. The van der Waals surface area contributed by atoms with Crippen molar-refractivity contribution in [2.75, 3.05) is 0 Å². The van der Waals surface area contributed by atoms with Crippen LogP contribution in [0, 0.1) is 50.4 Å². The lowest BCUT2D eigenvalue weighted by Crippen LogP contribution is -2.03. The van der Waals surface area contributed by atoms with Crippen LogP contribution in [0.25, 0.3) is 33.8 Å². The number of nitriles is 2. The minimum absolute atomic E-state index is 0.492. The van der Waals surface area contributed by atoms with Crippen molar-refractivity contribution in [3.63, 3.8) is 0 Å². The summed E-state index contributed by atoms with van der Waals surface area (Å²) in [7, 11) is 0. The summed E-state index contributed by atoms with van der Waals surface area (Å²) in [5, 5.41) is 20.2. The smallest absolute Gasteiger partial charge is 0.101 e. The normalized spacial score (nSPS) is 10.6. The molecule has 3 aromatic carbocycles. The molecule has 4 rings (SSSR count). The molecule has 0 bridgehead atoms. The van der Waals surface area contributed by atoms with Crippen molar-refractivity contribution in [1.29, 1.82) is 10.5 Å². The predicted molar refractivity (Wildman–Crippen MR) is 127 cm³/mol. The molecule has 0 spiro atoms. The Morgan fingerprint density at radius 3 is 2.19 bits per heavy atom. The van der Waals surface area contributed by atoms with Gasteiger partial charge >= 0.3 is 0 Å². The summed E-state index contributed by atoms with van der Waals surface area (Å²) in [5.74, 6) is 0. The van der Waals surface area contributed by atoms with Gasteiger partial charge in [-0.15, -0.1) is 0 Å². The Labute approximate surface area is 183 Å². The SMILES string of the molecule is C=Cc1c(C)n(-c2c(C)cc(C#N)cc2C#N)c2ccc(-c3c(C)cccc3C)cc12. The van der Waals surface area contributed by atoms with Gasteiger partial charge in [0.1, 0.15) is 6.07 Å². The lowest BCUT2D eigenvalue weighted by Gasteiger charge is -2.15. The molecular formula is C28H23N3. The summed E-state index contributed by atoms with van der Waals surface area (Å²) in [5.41, 5.74) is 10.7. The predicted octanol–water partition coefficient (Wildman–Crippen LogP) is 6.92. The Bertz CT molecular complexity index is 1430. The van der Waals surface area contributed by atoms with Crippen molar-refractivity contribution < 1.29 is 0 Å². The quantitative estimate of drug-likeness (QED) is 0.374. The van der Waals surface area contributed by atoms with Crippen LogP contribution in [0.1, 0.15) is 39.1 Å². The summed E-state index contributed by atoms with van der Waals surface area (Å²) in [4.78, 5) is 0. The first kappa shape index (κ1) is 20.2. The molecule has 4 aromatic rings. The van der Waals surface area contributed by atoms with E-state index in [0.717, 1.165) is 33.4 Å². The first-order chi connectivity index (χ1) is 14.9. The molecule has 0 atom stereocenters. The summed E-state index contributed by atoms with van der Waals surface area (Å²) < 4.78 is 2.12. The van der Waals surface area contributed by atoms with Crippen LogP contribution in [-0.4, -0.2) is 4.57 Å². The number of rotatable bonds is 3. The van der Waals surface area contributed by atoms with Gasteiger partial charge < -0.3 is 4.57 Å². The highest BCUT2D eigenvalue weighted by molar-refractivity contribution is 5.96. The molecule has 0 aliphatic rings. The summed E-state index contributed by atoms with van der Waals surface area (Å²) >= 11 is 0. The number of aryl methyl sites for hydroxylation is 3. The van der Waals surface area contributed by atoms with Crippen molar-refractivity contribution in [2.24, 2.45) is 0 Å². The van der Waals surface area contributed by atoms with Gasteiger partial charge in [-0.3, -0.25) is 0 Å². The average Bonchev–Trinajstić information content (AvgIpc) is 3.03. The van der Waals surface area contributed by atoms with E-state index < -0.39 is 0 Å². The molecule has 150 valence electrons. The van der Waals surface area contributed by atoms with Gasteiger partial charge in [0.2, 0.25) is 0 Å². The van der Waals surface area contributed by atoms with Gasteiger partial charge in [0.25, 0.3) is 0 Å². The molecular weight excluding hydrogens is 378 g/mol. The molecule has 31 heavy (non-hydrogen) atoms. The number of aromatic nitrogens is 1. The van der Waals surface area contributed by atoms with Crippen LogP contribution in [0.15, 0.2) is 55.1 Å². The van der Waals surface area contributed by atoms with Crippen molar-refractivity contribution in [1.82, 2.24) is 4.57 Å². The topological polar surface area (TPSA) is 52.5 Å². The van der Waals surface area contributed by atoms with Crippen molar-refractivity contribution in [3.8, 4) is 29.0 Å². The standard InChI is InChI=1S/C28H23N3/c1-6-24-20(5)31(28-19(4)12-21(15-29)13-23(28)16-30)26-11-10-22(14-25(24)26)27-17(2)8-7-9-18(27)3/h6-14H,1H2,2-5H3. The van der Waals surface area contributed by atoms with Gasteiger partial charge in [-0.25, -0.2) is 0 Å². The van der Waals surface area contributed by atoms with Crippen LogP contribution >= 0.6 is 0 Å². The Hall–Kier alpha value is -4.08. The zero-order chi connectivity index (χ0) is 22.3. The van der Waals surface area contributed by atoms with Crippen LogP contribution in [0.4, 0.5) is 0 Å². The Kier molecular flexibility index (Phi) is 4.97. The Morgan fingerprint density at radius 1 is 0.871 bits per heavy atom. The van der Waals surface area contributed by atoms with E-state index in [-0.39, 0.29) is 0 Å². The monoisotopic (exact) mass is 401 g/mol. The zero-order valence-electron chi connectivity index (χ0n) is 18.2. The van der Waals surface area contributed by atoms with E-state index in [1.165, 1.54) is 22.3 Å². The highest BCUT2D eigenvalue weighted by Gasteiger charge is 2.19. The molecule has 0 saturated carbocycles. The highest BCUT2D eigenvalue weighted by atomic mass is 15.0. The maximum atomic E-state index is 9.81. The second-order valence-corrected chi connectivity index (χ2v) is 7.95. The average molecular weight is 402 g/mol. The summed E-state index contributed by atoms with van der Waals surface area (Å²) in [6, 6.07) is 20.8. The van der Waals surface area contributed by atoms with Gasteiger partial charge in [0, 0.05) is 16.6 Å². The minimum Gasteiger partial charge on any atom is -0.312 e. The lowest BCUT2D eigenvalue weighted by atomic mass is 9.94. The van der Waals surface area contributed by atoms with Crippen LogP contribution in [0.5, 0.6) is 0 Å². The number of fused-ring (bicyclic) bond motifs is 1. The third kappa shape index (κ3) is 3.12. The number of hydrogen-bond donors (Lipinski definition) is 0. The van der Waals surface area contributed by atoms with E-state index >= 15 is 0 Å². The molecule has 0 unspecified atom stereocenters. The molecule has 0 aliphatic heterocycles. The van der Waals surface area contributed by atoms with Gasteiger partial charge in [0.15, 0.2) is 0 Å². The van der Waals surface area contributed by atoms with Gasteiger partial charge in [-0.1, -0.05) is 36.9 Å². The zero-order valence-corrected chi connectivity index (χ0v) is 18.2. The molecule has 0 radical (unpaired) electrons. The van der Waals surface area contributed by atoms with Crippen molar-refractivity contribution in [2.45, 2.75) is 27.7 Å². The van der Waals surface area contributed by atoms with Crippen molar-refractivity contribution >= 4 is 17.0 Å². The molecule has 0 fully saturated rings. The molecule has 3 nitrogen and oxygen atoms in total. The highest BCUT2D eigenvalue weighted by Crippen LogP contribution is 2.37. The third-order valence-electron chi connectivity index (χ3n) is 6.00. The number of hydrogen-bond acceptors (Lipinski definition) is 2. The van der Waals surface area contributed by atoms with E-state index in [4.69, 9.17) is 0 Å². The fourth-order valence-corrected chi connectivity index (χ4v) is 4.64. The van der Waals surface area contributed by atoms with E-state index in [9.17, 15) is 10.5 Å². The first-order valence-electron chi connectivity index (χ1n) is 10.2. The largest absolute Gasteiger partial charge is 0.312 e. The van der Waals surface area contributed by atoms with E-state index in [2.05, 4.69) is 80.5 Å². The van der Waals surface area contributed by atoms with Crippen LogP contribution in [-0.2, 0) is 0 Å². The maximum absolute atomic E-state index is 9.81. The Balaban J connectivity index is 2.07. The minimum atomic E-state index is 0.492. The molecule has 0 N–H and O–H groups in total. The Morgan fingerprint density at radius 2 is 1.58 bits per heavy atom. The molecule has 0 saturated heterocycles. The van der Waals surface area contributed by atoms with E-state index in [0.29, 0.717) is 11.1 Å². The van der Waals surface area contributed by atoms with Gasteiger partial charge in [0.05, 0.1) is 28.4 Å². The number of nitrogens with zero attached hydrogens (tertiary/aromatic N) is 3. The summed E-state index contributed by atoms with van der Waals surface area (Å²) in [6.07, 6.45) is 1.88. The molecule has 3 heteroatoms. The first-order valence-corrected chi connectivity index (χ1v) is 10.2. The van der Waals surface area contributed by atoms with Gasteiger partial charge in [-0.05, 0) is 79.8 Å². The van der Waals surface area contributed by atoms with Gasteiger partial charge in [-0.2, -0.15) is 10.5 Å². The summed E-state index contributed by atoms with van der Waals surface area (Å²) in [6.45, 7) is 12.3. The van der Waals surface area contributed by atoms with Crippen molar-refractivity contribution in [3.05, 3.63) is 94.2 Å². The maximum Gasteiger partial charge on any atom is 0.101 e. The second kappa shape index (κ2) is 7.63. The van der Waals surface area contributed by atoms with Crippen LogP contribution in [0.2, 0.25) is 0 Å². The van der Waals surface area contributed by atoms with Crippen LogP contribution in [0.3, 0.4) is 0 Å². The molecule has 0 amide bonds. The fraction of sp³-hybridized carbons (Fsp3) is 0.143. The van der Waals surface area contributed by atoms with Crippen LogP contribution < -0.4 is 0 Å². The molecule has 1 aromatic heterocycles. The number of benzene rings is 3. The second-order valence-electron chi connectivity index (χ2n) is 7.95. The lowest BCUT2D eigenvalue weighted by molar-refractivity contribution is 1.03.